The van der Waals surface area contributed by atoms with Crippen molar-refractivity contribution in [1.29, 1.82) is 0 Å². The summed E-state index contributed by atoms with van der Waals surface area (Å²) >= 11 is 0. The summed E-state index contributed by atoms with van der Waals surface area (Å²) in [6, 6.07) is 5.82. The van der Waals surface area contributed by atoms with E-state index in [0.717, 1.165) is 5.52 Å². The van der Waals surface area contributed by atoms with Gasteiger partial charge in [-0.2, -0.15) is 0 Å². The molecule has 1 N–H and O–H groups in total. The zero-order valence-corrected chi connectivity index (χ0v) is 6.81. The summed E-state index contributed by atoms with van der Waals surface area (Å²) in [5.74, 6) is 0.686. The lowest BCUT2D eigenvalue weighted by Crippen LogP contribution is -1.98. The Balaban J connectivity index is 2.70. The van der Waals surface area contributed by atoms with E-state index in [-0.39, 0.29) is 0 Å². The van der Waals surface area contributed by atoms with Crippen molar-refractivity contribution < 1.29 is 5.11 Å². The van der Waals surface area contributed by atoms with Gasteiger partial charge in [0.15, 0.2) is 0 Å². The van der Waals surface area contributed by atoms with Gasteiger partial charge in [-0.1, -0.05) is 6.07 Å². The maximum absolute atomic E-state index is 9.33. The SMILES string of the molecule is CC(O)c1ncc2ccccn12. The normalized spacial score (nSPS) is 13.5. The van der Waals surface area contributed by atoms with E-state index in [9.17, 15) is 5.11 Å². The maximum atomic E-state index is 9.33. The Labute approximate surface area is 70.3 Å². The predicted octanol–water partition coefficient (Wildman–Crippen LogP) is 1.39. The first-order valence-electron chi connectivity index (χ1n) is 3.89. The van der Waals surface area contributed by atoms with Crippen molar-refractivity contribution in [2.45, 2.75) is 13.0 Å². The molecule has 0 aliphatic rings. The molecule has 0 saturated carbocycles. The second-order valence-corrected chi connectivity index (χ2v) is 2.79. The average molecular weight is 162 g/mol. The largest absolute Gasteiger partial charge is 0.385 e. The third-order valence-corrected chi connectivity index (χ3v) is 1.84. The standard InChI is InChI=1S/C9H10N2O/c1-7(12)9-10-6-8-4-2-3-5-11(8)9/h2-7,12H,1H3. The van der Waals surface area contributed by atoms with Gasteiger partial charge in [-0.25, -0.2) is 4.98 Å². The van der Waals surface area contributed by atoms with Crippen LogP contribution in [0.25, 0.3) is 5.52 Å². The molecule has 3 heteroatoms. The van der Waals surface area contributed by atoms with Crippen LogP contribution in [0.4, 0.5) is 0 Å². The van der Waals surface area contributed by atoms with Gasteiger partial charge in [-0.05, 0) is 19.1 Å². The van der Waals surface area contributed by atoms with Crippen LogP contribution in [0.3, 0.4) is 0 Å². The van der Waals surface area contributed by atoms with E-state index in [1.165, 1.54) is 0 Å². The molecule has 2 aromatic heterocycles. The fourth-order valence-electron chi connectivity index (χ4n) is 1.27. The smallest absolute Gasteiger partial charge is 0.141 e. The van der Waals surface area contributed by atoms with Gasteiger partial charge in [-0.3, -0.25) is 0 Å². The third kappa shape index (κ3) is 0.987. The van der Waals surface area contributed by atoms with Gasteiger partial charge in [0.05, 0.1) is 11.7 Å². The van der Waals surface area contributed by atoms with E-state index >= 15 is 0 Å². The summed E-state index contributed by atoms with van der Waals surface area (Å²) in [6.45, 7) is 1.71. The van der Waals surface area contributed by atoms with Crippen LogP contribution in [0.1, 0.15) is 18.9 Å². The number of nitrogens with zero attached hydrogens (tertiary/aromatic N) is 2. The molecule has 0 aromatic carbocycles. The Morgan fingerprint density at radius 3 is 3.08 bits per heavy atom. The summed E-state index contributed by atoms with van der Waals surface area (Å²) in [6.07, 6.45) is 3.13. The summed E-state index contributed by atoms with van der Waals surface area (Å²) in [5, 5.41) is 9.33. The molecular weight excluding hydrogens is 152 g/mol. The van der Waals surface area contributed by atoms with Crippen LogP contribution in [0, 0.1) is 0 Å². The van der Waals surface area contributed by atoms with Gasteiger partial charge >= 0.3 is 0 Å². The van der Waals surface area contributed by atoms with Gasteiger partial charge in [0, 0.05) is 6.20 Å². The van der Waals surface area contributed by atoms with E-state index < -0.39 is 6.10 Å². The fraction of sp³-hybridized carbons (Fsp3) is 0.222. The van der Waals surface area contributed by atoms with E-state index in [1.54, 1.807) is 13.1 Å². The average Bonchev–Trinajstić information content (AvgIpc) is 2.47. The molecule has 2 heterocycles. The summed E-state index contributed by atoms with van der Waals surface area (Å²) in [5.41, 5.74) is 1.01. The lowest BCUT2D eigenvalue weighted by molar-refractivity contribution is 0.188. The summed E-state index contributed by atoms with van der Waals surface area (Å²) in [4.78, 5) is 4.11. The number of aliphatic hydroxyl groups is 1. The highest BCUT2D eigenvalue weighted by Crippen LogP contribution is 2.12. The lowest BCUT2D eigenvalue weighted by atomic mass is 10.4. The van der Waals surface area contributed by atoms with Gasteiger partial charge in [0.2, 0.25) is 0 Å². The minimum absolute atomic E-state index is 0.519. The molecule has 2 rings (SSSR count). The summed E-state index contributed by atoms with van der Waals surface area (Å²) < 4.78 is 1.88. The number of hydrogen-bond acceptors (Lipinski definition) is 2. The van der Waals surface area contributed by atoms with Crippen molar-refractivity contribution in [3.05, 3.63) is 36.4 Å². The Bertz CT molecular complexity index is 392. The van der Waals surface area contributed by atoms with E-state index in [0.29, 0.717) is 5.82 Å². The molecule has 12 heavy (non-hydrogen) atoms. The van der Waals surface area contributed by atoms with Crippen molar-refractivity contribution in [1.82, 2.24) is 9.38 Å². The molecule has 0 amide bonds. The molecule has 0 saturated heterocycles. The monoisotopic (exact) mass is 162 g/mol. The molecule has 0 bridgehead atoms. The first-order valence-corrected chi connectivity index (χ1v) is 3.89. The van der Waals surface area contributed by atoms with Gasteiger partial charge in [0.1, 0.15) is 11.9 Å². The van der Waals surface area contributed by atoms with Crippen LogP contribution in [0.5, 0.6) is 0 Å². The highest BCUT2D eigenvalue weighted by Gasteiger charge is 2.06. The van der Waals surface area contributed by atoms with E-state index in [1.807, 2.05) is 28.8 Å². The molecule has 0 fully saturated rings. The molecule has 0 spiro atoms. The molecule has 2 aromatic rings. The quantitative estimate of drug-likeness (QED) is 0.688. The van der Waals surface area contributed by atoms with Gasteiger partial charge in [0.25, 0.3) is 0 Å². The first-order chi connectivity index (χ1) is 5.79. The first kappa shape index (κ1) is 7.31. The van der Waals surface area contributed by atoms with E-state index in [2.05, 4.69) is 4.98 Å². The van der Waals surface area contributed by atoms with Crippen LogP contribution in [-0.2, 0) is 0 Å². The molecular formula is C9H10N2O. The van der Waals surface area contributed by atoms with Crippen LogP contribution < -0.4 is 0 Å². The fourth-order valence-corrected chi connectivity index (χ4v) is 1.27. The number of fused-ring (bicyclic) bond motifs is 1. The number of imidazole rings is 1. The number of aromatic nitrogens is 2. The Morgan fingerprint density at radius 2 is 2.33 bits per heavy atom. The highest BCUT2D eigenvalue weighted by atomic mass is 16.3. The van der Waals surface area contributed by atoms with Crippen LogP contribution in [0.2, 0.25) is 0 Å². The van der Waals surface area contributed by atoms with Crippen LogP contribution in [0.15, 0.2) is 30.6 Å². The minimum atomic E-state index is -0.519. The molecule has 62 valence electrons. The lowest BCUT2D eigenvalue weighted by Gasteiger charge is -2.01. The van der Waals surface area contributed by atoms with Crippen molar-refractivity contribution >= 4 is 5.52 Å². The van der Waals surface area contributed by atoms with E-state index in [4.69, 9.17) is 0 Å². The molecule has 0 aliphatic carbocycles. The van der Waals surface area contributed by atoms with Crippen LogP contribution in [-0.4, -0.2) is 14.5 Å². The minimum Gasteiger partial charge on any atom is -0.385 e. The van der Waals surface area contributed by atoms with Crippen molar-refractivity contribution in [2.24, 2.45) is 0 Å². The molecule has 1 unspecified atom stereocenters. The topological polar surface area (TPSA) is 37.5 Å². The molecule has 0 aliphatic heterocycles. The number of aliphatic hydroxyl groups excluding tert-OH is 1. The predicted molar refractivity (Wildman–Crippen MR) is 45.8 cm³/mol. The van der Waals surface area contributed by atoms with Gasteiger partial charge in [-0.15, -0.1) is 0 Å². The van der Waals surface area contributed by atoms with Crippen LogP contribution >= 0.6 is 0 Å². The Hall–Kier alpha value is -1.35. The second kappa shape index (κ2) is 2.60. The number of rotatable bonds is 1. The Kier molecular flexibility index (Phi) is 1.59. The zero-order chi connectivity index (χ0) is 8.55. The number of hydrogen-bond donors (Lipinski definition) is 1. The molecule has 3 nitrogen and oxygen atoms in total. The zero-order valence-electron chi connectivity index (χ0n) is 6.81. The maximum Gasteiger partial charge on any atom is 0.141 e. The number of pyridine rings is 1. The second-order valence-electron chi connectivity index (χ2n) is 2.79. The van der Waals surface area contributed by atoms with Gasteiger partial charge < -0.3 is 9.51 Å². The Morgan fingerprint density at radius 1 is 1.50 bits per heavy atom. The third-order valence-electron chi connectivity index (χ3n) is 1.84. The molecule has 0 radical (unpaired) electrons. The van der Waals surface area contributed by atoms with Crippen molar-refractivity contribution in [2.75, 3.05) is 0 Å². The molecule has 1 atom stereocenters. The summed E-state index contributed by atoms with van der Waals surface area (Å²) in [7, 11) is 0. The highest BCUT2D eigenvalue weighted by molar-refractivity contribution is 5.45. The van der Waals surface area contributed by atoms with Crippen molar-refractivity contribution in [3.63, 3.8) is 0 Å². The van der Waals surface area contributed by atoms with Crippen molar-refractivity contribution in [3.8, 4) is 0 Å².